The minimum atomic E-state index is -3.99. The number of benzene rings is 2. The van der Waals surface area contributed by atoms with Crippen LogP contribution in [0.4, 0.5) is 5.69 Å². The molecule has 0 spiro atoms. The van der Waals surface area contributed by atoms with Gasteiger partial charge < -0.3 is 10.1 Å². The van der Waals surface area contributed by atoms with Gasteiger partial charge in [-0.1, -0.05) is 11.6 Å². The Morgan fingerprint density at radius 1 is 1.08 bits per heavy atom. The fourth-order valence-electron chi connectivity index (χ4n) is 2.02. The molecule has 2 rings (SSSR count). The van der Waals surface area contributed by atoms with E-state index >= 15 is 0 Å². The summed E-state index contributed by atoms with van der Waals surface area (Å²) in [4.78, 5) is -0.415. The molecule has 0 aliphatic heterocycles. The molecule has 0 amide bonds. The molecule has 0 aromatic heterocycles. The third kappa shape index (κ3) is 5.60. The Labute approximate surface area is 151 Å². The molecule has 3 N–H and O–H groups in total. The number of sulfonamides is 1. The molecule has 0 atom stereocenters. The van der Waals surface area contributed by atoms with E-state index in [0.717, 1.165) is 12.3 Å². The summed E-state index contributed by atoms with van der Waals surface area (Å²) < 4.78 is 52.1. The summed E-state index contributed by atoms with van der Waals surface area (Å²) >= 11 is 5.78. The molecule has 136 valence electrons. The standard InChI is InChI=1S/C15H17ClN2O5S2/c1-24(19,20)15-10-13(25(17,21)22)6-7-14(15)18-8-9-23-12-4-2-11(16)3-5-12/h2-7,10,18H,8-9H2,1H3,(H2,17,21,22). The van der Waals surface area contributed by atoms with Crippen LogP contribution in [0.3, 0.4) is 0 Å². The van der Waals surface area contributed by atoms with Gasteiger partial charge in [-0.25, -0.2) is 22.0 Å². The van der Waals surface area contributed by atoms with Gasteiger partial charge in [-0.05, 0) is 42.5 Å². The van der Waals surface area contributed by atoms with Gasteiger partial charge in [0.1, 0.15) is 12.4 Å². The lowest BCUT2D eigenvalue weighted by Crippen LogP contribution is -2.16. The van der Waals surface area contributed by atoms with Crippen molar-refractivity contribution in [3.05, 3.63) is 47.5 Å². The van der Waals surface area contributed by atoms with E-state index in [1.807, 2.05) is 0 Å². The van der Waals surface area contributed by atoms with E-state index in [4.69, 9.17) is 21.5 Å². The second-order valence-electron chi connectivity index (χ2n) is 5.20. The summed E-state index contributed by atoms with van der Waals surface area (Å²) in [7, 11) is -7.64. The Balaban J connectivity index is 2.09. The third-order valence-electron chi connectivity index (χ3n) is 3.18. The first-order chi connectivity index (χ1) is 11.6. The number of ether oxygens (including phenoxy) is 1. The molecule has 0 heterocycles. The molecule has 2 aromatic carbocycles. The van der Waals surface area contributed by atoms with Crippen molar-refractivity contribution in [3.63, 3.8) is 0 Å². The van der Waals surface area contributed by atoms with Crippen LogP contribution < -0.4 is 15.2 Å². The molecule has 7 nitrogen and oxygen atoms in total. The Hall–Kier alpha value is -1.81. The first-order valence-corrected chi connectivity index (χ1v) is 10.9. The molecule has 0 fully saturated rings. The van der Waals surface area contributed by atoms with E-state index in [1.165, 1.54) is 12.1 Å². The van der Waals surface area contributed by atoms with Crippen LogP contribution in [0.5, 0.6) is 5.75 Å². The number of nitrogens with two attached hydrogens (primary N) is 1. The number of primary sulfonamides is 1. The third-order valence-corrected chi connectivity index (χ3v) is 5.48. The molecule has 0 radical (unpaired) electrons. The molecule has 0 unspecified atom stereocenters. The summed E-state index contributed by atoms with van der Waals surface area (Å²) in [5.41, 5.74) is 0.273. The first-order valence-electron chi connectivity index (χ1n) is 7.06. The zero-order valence-corrected chi connectivity index (χ0v) is 15.7. The number of hydrogen-bond donors (Lipinski definition) is 2. The van der Waals surface area contributed by atoms with E-state index in [0.29, 0.717) is 17.3 Å². The average Bonchev–Trinajstić information content (AvgIpc) is 2.51. The van der Waals surface area contributed by atoms with Gasteiger partial charge in [0.2, 0.25) is 10.0 Å². The molecule has 2 aromatic rings. The number of sulfone groups is 1. The second-order valence-corrected chi connectivity index (χ2v) is 9.19. The zero-order chi connectivity index (χ0) is 18.7. The van der Waals surface area contributed by atoms with Crippen molar-refractivity contribution < 1.29 is 21.6 Å². The van der Waals surface area contributed by atoms with Crippen LogP contribution in [0.25, 0.3) is 0 Å². The maximum Gasteiger partial charge on any atom is 0.238 e. The first kappa shape index (κ1) is 19.5. The average molecular weight is 405 g/mol. The molecular weight excluding hydrogens is 388 g/mol. The van der Waals surface area contributed by atoms with E-state index < -0.39 is 19.9 Å². The Bertz CT molecular complexity index is 958. The van der Waals surface area contributed by atoms with Crippen molar-refractivity contribution in [2.24, 2.45) is 5.14 Å². The van der Waals surface area contributed by atoms with E-state index in [-0.39, 0.29) is 22.1 Å². The van der Waals surface area contributed by atoms with Gasteiger partial charge in [-0.15, -0.1) is 0 Å². The van der Waals surface area contributed by atoms with Gasteiger partial charge >= 0.3 is 0 Å². The molecule has 0 bridgehead atoms. The topological polar surface area (TPSA) is 116 Å². The summed E-state index contributed by atoms with van der Waals surface area (Å²) in [5.74, 6) is 0.624. The number of rotatable bonds is 7. The highest BCUT2D eigenvalue weighted by molar-refractivity contribution is 7.91. The largest absolute Gasteiger partial charge is 0.492 e. The van der Waals surface area contributed by atoms with E-state index in [1.54, 1.807) is 24.3 Å². The minimum Gasteiger partial charge on any atom is -0.492 e. The van der Waals surface area contributed by atoms with Crippen molar-refractivity contribution in [3.8, 4) is 5.75 Å². The monoisotopic (exact) mass is 404 g/mol. The lowest BCUT2D eigenvalue weighted by Gasteiger charge is -2.13. The predicted molar refractivity (Wildman–Crippen MR) is 96.4 cm³/mol. The highest BCUT2D eigenvalue weighted by Crippen LogP contribution is 2.24. The van der Waals surface area contributed by atoms with Crippen LogP contribution in [0.2, 0.25) is 5.02 Å². The highest BCUT2D eigenvalue weighted by Gasteiger charge is 2.18. The van der Waals surface area contributed by atoms with Crippen molar-refractivity contribution in [2.75, 3.05) is 24.7 Å². The van der Waals surface area contributed by atoms with Gasteiger partial charge in [-0.3, -0.25) is 0 Å². The van der Waals surface area contributed by atoms with Crippen LogP contribution in [-0.4, -0.2) is 36.2 Å². The normalized spacial score (nSPS) is 12.0. The predicted octanol–water partition coefficient (Wildman–Crippen LogP) is 1.88. The summed E-state index contributed by atoms with van der Waals surface area (Å²) in [5, 5.41) is 8.55. The second kappa shape index (κ2) is 7.61. The number of nitrogens with one attached hydrogen (secondary N) is 1. The maximum atomic E-state index is 11.9. The summed E-state index contributed by atoms with van der Waals surface area (Å²) in [6.07, 6.45) is 0.991. The fourth-order valence-corrected chi connectivity index (χ4v) is 3.64. The van der Waals surface area contributed by atoms with Crippen LogP contribution in [0, 0.1) is 0 Å². The van der Waals surface area contributed by atoms with Crippen molar-refractivity contribution >= 4 is 37.1 Å². The molecule has 25 heavy (non-hydrogen) atoms. The molecule has 10 heteroatoms. The highest BCUT2D eigenvalue weighted by atomic mass is 35.5. The number of halogens is 1. The van der Waals surface area contributed by atoms with Gasteiger partial charge in [0.05, 0.1) is 15.5 Å². The lowest BCUT2D eigenvalue weighted by atomic mass is 10.3. The van der Waals surface area contributed by atoms with Gasteiger partial charge in [0.25, 0.3) is 0 Å². The molecule has 0 saturated carbocycles. The van der Waals surface area contributed by atoms with Gasteiger partial charge in [0.15, 0.2) is 9.84 Å². The van der Waals surface area contributed by atoms with Crippen LogP contribution in [0.15, 0.2) is 52.3 Å². The summed E-state index contributed by atoms with van der Waals surface area (Å²) in [6, 6.07) is 10.4. The van der Waals surface area contributed by atoms with Crippen LogP contribution >= 0.6 is 11.6 Å². The smallest absolute Gasteiger partial charge is 0.238 e. The zero-order valence-electron chi connectivity index (χ0n) is 13.3. The van der Waals surface area contributed by atoms with Crippen LogP contribution in [-0.2, 0) is 19.9 Å². The minimum absolute atomic E-state index is 0.148. The number of hydrogen-bond acceptors (Lipinski definition) is 6. The number of anilines is 1. The van der Waals surface area contributed by atoms with Crippen LogP contribution in [0.1, 0.15) is 0 Å². The van der Waals surface area contributed by atoms with Gasteiger partial charge in [-0.2, -0.15) is 0 Å². The lowest BCUT2D eigenvalue weighted by molar-refractivity contribution is 0.333. The maximum absolute atomic E-state index is 11.9. The van der Waals surface area contributed by atoms with E-state index in [2.05, 4.69) is 5.32 Å². The molecular formula is C15H17ClN2O5S2. The SMILES string of the molecule is CS(=O)(=O)c1cc(S(N)(=O)=O)ccc1NCCOc1ccc(Cl)cc1. The molecule has 0 saturated heterocycles. The molecule has 0 aliphatic carbocycles. The van der Waals surface area contributed by atoms with E-state index in [9.17, 15) is 16.8 Å². The quantitative estimate of drug-likeness (QED) is 0.680. The fraction of sp³-hybridized carbons (Fsp3) is 0.200. The summed E-state index contributed by atoms with van der Waals surface area (Å²) in [6.45, 7) is 0.571. The Morgan fingerprint density at radius 2 is 1.72 bits per heavy atom. The van der Waals surface area contributed by atoms with Crippen molar-refractivity contribution in [1.82, 2.24) is 0 Å². The Kier molecular flexibility index (Phi) is 5.94. The van der Waals surface area contributed by atoms with Crippen molar-refractivity contribution in [2.45, 2.75) is 9.79 Å². The van der Waals surface area contributed by atoms with Gasteiger partial charge in [0, 0.05) is 17.8 Å². The van der Waals surface area contributed by atoms with Crippen molar-refractivity contribution in [1.29, 1.82) is 0 Å². The molecule has 0 aliphatic rings. The Morgan fingerprint density at radius 3 is 2.28 bits per heavy atom.